The van der Waals surface area contributed by atoms with Crippen LogP contribution in [0.3, 0.4) is 0 Å². The van der Waals surface area contributed by atoms with Crippen molar-refractivity contribution in [1.82, 2.24) is 0 Å². The summed E-state index contributed by atoms with van der Waals surface area (Å²) in [4.78, 5) is 26.1. The Balaban J connectivity index is 1.48. The van der Waals surface area contributed by atoms with Gasteiger partial charge in [0, 0.05) is 17.9 Å². The van der Waals surface area contributed by atoms with Crippen LogP contribution >= 0.6 is 11.6 Å². The first-order valence-electron chi connectivity index (χ1n) is 10.5. The summed E-state index contributed by atoms with van der Waals surface area (Å²) in [5.74, 6) is -2.25. The van der Waals surface area contributed by atoms with E-state index < -0.39 is 23.9 Å². The number of para-hydroxylation sites is 2. The van der Waals surface area contributed by atoms with E-state index in [4.69, 9.17) is 21.4 Å². The van der Waals surface area contributed by atoms with E-state index in [-0.39, 0.29) is 21.8 Å². The average Bonchev–Trinajstić information content (AvgIpc) is 2.81. The molecule has 1 unspecified atom stereocenters. The Morgan fingerprint density at radius 2 is 1.85 bits per heavy atom. The van der Waals surface area contributed by atoms with Crippen LogP contribution in [0, 0.1) is 5.82 Å². The summed E-state index contributed by atoms with van der Waals surface area (Å²) >= 11 is 6.11. The zero-order valence-electron chi connectivity index (χ0n) is 17.6. The Labute approximate surface area is 195 Å². The molecule has 1 aliphatic rings. The maximum Gasteiger partial charge on any atom is 0.340 e. The Morgan fingerprint density at radius 1 is 1.06 bits per heavy atom. The fourth-order valence-corrected chi connectivity index (χ4v) is 4.10. The molecule has 0 saturated carbocycles. The maximum atomic E-state index is 14.6. The molecule has 4 rings (SSSR count). The lowest BCUT2D eigenvalue weighted by Gasteiger charge is -2.34. The summed E-state index contributed by atoms with van der Waals surface area (Å²) in [6.45, 7) is 1.14. The van der Waals surface area contributed by atoms with Crippen molar-refractivity contribution in [2.45, 2.75) is 18.9 Å². The van der Waals surface area contributed by atoms with Crippen LogP contribution in [0.15, 0.2) is 66.7 Å². The third kappa shape index (κ3) is 5.26. The van der Waals surface area contributed by atoms with E-state index in [1.165, 1.54) is 24.3 Å². The highest BCUT2D eigenvalue weighted by atomic mass is 35.5. The van der Waals surface area contributed by atoms with Crippen LogP contribution in [-0.4, -0.2) is 36.2 Å². The number of hydrogen-bond donors (Lipinski definition) is 2. The van der Waals surface area contributed by atoms with Crippen molar-refractivity contribution in [3.05, 3.63) is 88.7 Å². The van der Waals surface area contributed by atoms with E-state index in [1.54, 1.807) is 24.3 Å². The number of rotatable bonds is 6. The van der Waals surface area contributed by atoms with Gasteiger partial charge >= 0.3 is 11.9 Å². The van der Waals surface area contributed by atoms with Crippen molar-refractivity contribution in [2.24, 2.45) is 0 Å². The summed E-state index contributed by atoms with van der Waals surface area (Å²) in [6.07, 6.45) is 1.03. The molecular weight excluding hydrogens is 447 g/mol. The highest BCUT2D eigenvalue weighted by molar-refractivity contribution is 6.33. The lowest BCUT2D eigenvalue weighted by Crippen LogP contribution is -2.40. The Kier molecular flexibility index (Phi) is 6.79. The van der Waals surface area contributed by atoms with Gasteiger partial charge in [0.1, 0.15) is 11.9 Å². The number of benzene rings is 3. The van der Waals surface area contributed by atoms with Crippen LogP contribution in [0.5, 0.6) is 0 Å². The standard InChI is InChI=1S/C25H22ClFN2O4/c26-21-14-17(11-12-19(21)24(30)31)29-13-5-8-18(15-29)33-25(32)20-9-4-10-22(27)23(20)28-16-6-2-1-3-7-16/h1-4,6-7,9-12,14,18,28H,5,8,13,15H2,(H,30,31). The minimum atomic E-state index is -1.09. The Hall–Kier alpha value is -3.58. The van der Waals surface area contributed by atoms with E-state index in [0.717, 1.165) is 18.7 Å². The molecule has 3 aromatic carbocycles. The van der Waals surface area contributed by atoms with Crippen molar-refractivity contribution < 1.29 is 23.8 Å². The van der Waals surface area contributed by atoms with Gasteiger partial charge in [-0.3, -0.25) is 0 Å². The molecule has 1 atom stereocenters. The predicted octanol–water partition coefficient (Wildman–Crippen LogP) is 5.75. The van der Waals surface area contributed by atoms with Crippen molar-refractivity contribution >= 4 is 40.6 Å². The minimum Gasteiger partial charge on any atom is -0.478 e. The monoisotopic (exact) mass is 468 g/mol. The first-order chi connectivity index (χ1) is 15.9. The number of carboxylic acids is 1. The van der Waals surface area contributed by atoms with Crippen LogP contribution in [-0.2, 0) is 4.74 Å². The van der Waals surface area contributed by atoms with Gasteiger partial charge in [0.25, 0.3) is 0 Å². The highest BCUT2D eigenvalue weighted by Crippen LogP contribution is 2.29. The fraction of sp³-hybridized carbons (Fsp3) is 0.200. The Morgan fingerprint density at radius 3 is 2.58 bits per heavy atom. The molecule has 1 saturated heterocycles. The topological polar surface area (TPSA) is 78.9 Å². The van der Waals surface area contributed by atoms with E-state index >= 15 is 0 Å². The van der Waals surface area contributed by atoms with Crippen LogP contribution in [0.1, 0.15) is 33.6 Å². The number of carboxylic acid groups (broad SMARTS) is 1. The van der Waals surface area contributed by atoms with Gasteiger partial charge in [-0.05, 0) is 55.3 Å². The number of halogens is 2. The van der Waals surface area contributed by atoms with Crippen molar-refractivity contribution in [3.8, 4) is 0 Å². The van der Waals surface area contributed by atoms with Crippen molar-refractivity contribution in [1.29, 1.82) is 0 Å². The molecule has 0 aromatic heterocycles. The number of esters is 1. The second-order valence-corrected chi connectivity index (χ2v) is 8.15. The fourth-order valence-electron chi connectivity index (χ4n) is 3.85. The van der Waals surface area contributed by atoms with Gasteiger partial charge in [-0.1, -0.05) is 35.9 Å². The number of carbonyl (C=O) groups excluding carboxylic acids is 1. The average molecular weight is 469 g/mol. The zero-order valence-corrected chi connectivity index (χ0v) is 18.4. The zero-order chi connectivity index (χ0) is 23.4. The number of anilines is 3. The van der Waals surface area contributed by atoms with Crippen molar-refractivity contribution in [2.75, 3.05) is 23.3 Å². The predicted molar refractivity (Wildman–Crippen MR) is 125 cm³/mol. The highest BCUT2D eigenvalue weighted by Gasteiger charge is 2.26. The summed E-state index contributed by atoms with van der Waals surface area (Å²) in [7, 11) is 0. The molecular formula is C25H22ClFN2O4. The van der Waals surface area contributed by atoms with Gasteiger partial charge in [-0.15, -0.1) is 0 Å². The molecule has 1 fully saturated rings. The lowest BCUT2D eigenvalue weighted by atomic mass is 10.1. The molecule has 33 heavy (non-hydrogen) atoms. The SMILES string of the molecule is O=C(O)c1ccc(N2CCCC(OC(=O)c3cccc(F)c3Nc3ccccc3)C2)cc1Cl. The quantitative estimate of drug-likeness (QED) is 0.449. The van der Waals surface area contributed by atoms with Crippen LogP contribution < -0.4 is 10.2 Å². The first kappa shape index (κ1) is 22.6. The van der Waals surface area contributed by atoms with Crippen molar-refractivity contribution in [3.63, 3.8) is 0 Å². The number of nitrogens with zero attached hydrogens (tertiary/aromatic N) is 1. The number of hydrogen-bond acceptors (Lipinski definition) is 5. The summed E-state index contributed by atoms with van der Waals surface area (Å²) in [5.41, 5.74) is 1.62. The van der Waals surface area contributed by atoms with E-state index in [2.05, 4.69) is 5.32 Å². The minimum absolute atomic E-state index is 0.0324. The molecule has 0 aliphatic carbocycles. The molecule has 6 nitrogen and oxygen atoms in total. The van der Waals surface area contributed by atoms with Crippen LogP contribution in [0.25, 0.3) is 0 Å². The molecule has 0 spiro atoms. The second kappa shape index (κ2) is 9.92. The van der Waals surface area contributed by atoms with Gasteiger partial charge in [-0.25, -0.2) is 14.0 Å². The van der Waals surface area contributed by atoms with Gasteiger partial charge in [-0.2, -0.15) is 0 Å². The normalized spacial score (nSPS) is 15.7. The molecule has 8 heteroatoms. The van der Waals surface area contributed by atoms with Gasteiger partial charge in [0.15, 0.2) is 0 Å². The summed E-state index contributed by atoms with van der Waals surface area (Å²) in [6, 6.07) is 18.1. The molecule has 2 N–H and O–H groups in total. The van der Waals surface area contributed by atoms with Crippen LogP contribution in [0.4, 0.5) is 21.5 Å². The van der Waals surface area contributed by atoms with E-state index in [0.29, 0.717) is 18.7 Å². The van der Waals surface area contributed by atoms with Gasteiger partial charge in [0.05, 0.1) is 28.4 Å². The number of ether oxygens (including phenoxy) is 1. The second-order valence-electron chi connectivity index (χ2n) is 7.74. The van der Waals surface area contributed by atoms with Gasteiger partial charge in [0.2, 0.25) is 0 Å². The smallest absolute Gasteiger partial charge is 0.340 e. The third-order valence-corrected chi connectivity index (χ3v) is 5.79. The number of piperidine rings is 1. The molecule has 0 amide bonds. The molecule has 3 aromatic rings. The molecule has 1 aliphatic heterocycles. The summed E-state index contributed by atoms with van der Waals surface area (Å²) < 4.78 is 20.3. The molecule has 0 radical (unpaired) electrons. The van der Waals surface area contributed by atoms with E-state index in [1.807, 2.05) is 23.1 Å². The van der Waals surface area contributed by atoms with Crippen LogP contribution in [0.2, 0.25) is 5.02 Å². The maximum absolute atomic E-state index is 14.6. The first-order valence-corrected chi connectivity index (χ1v) is 10.9. The largest absolute Gasteiger partial charge is 0.478 e. The summed E-state index contributed by atoms with van der Waals surface area (Å²) in [5, 5.41) is 12.3. The number of carbonyl (C=O) groups is 2. The number of nitrogens with one attached hydrogen (secondary N) is 1. The third-order valence-electron chi connectivity index (χ3n) is 5.48. The van der Waals surface area contributed by atoms with E-state index in [9.17, 15) is 14.0 Å². The number of aromatic carboxylic acids is 1. The lowest BCUT2D eigenvalue weighted by molar-refractivity contribution is 0.0270. The molecule has 1 heterocycles. The molecule has 0 bridgehead atoms. The Bertz CT molecular complexity index is 1170. The van der Waals surface area contributed by atoms with Gasteiger partial charge < -0.3 is 20.1 Å². The molecule has 170 valence electrons.